The van der Waals surface area contributed by atoms with Gasteiger partial charge in [-0.3, -0.25) is 0 Å². The second kappa shape index (κ2) is 8.77. The van der Waals surface area contributed by atoms with Crippen LogP contribution in [0.5, 0.6) is 5.75 Å². The van der Waals surface area contributed by atoms with Crippen LogP contribution in [-0.4, -0.2) is 0 Å². The molecule has 1 atom stereocenters. The van der Waals surface area contributed by atoms with Crippen molar-refractivity contribution in [3.63, 3.8) is 0 Å². The third-order valence-corrected chi connectivity index (χ3v) is 10.0. The summed E-state index contributed by atoms with van der Waals surface area (Å²) in [6.45, 7) is 0. The van der Waals surface area contributed by atoms with E-state index in [9.17, 15) is 0 Å². The van der Waals surface area contributed by atoms with Gasteiger partial charge >= 0.3 is 0 Å². The van der Waals surface area contributed by atoms with Crippen molar-refractivity contribution in [3.05, 3.63) is 145 Å². The van der Waals surface area contributed by atoms with Crippen LogP contribution >= 0.6 is 0 Å². The van der Waals surface area contributed by atoms with Gasteiger partial charge in [0.25, 0.3) is 0 Å². The molecule has 11 rings (SSSR count). The topological polar surface area (TPSA) is 34.4 Å². The van der Waals surface area contributed by atoms with Gasteiger partial charge in [0.1, 0.15) is 11.2 Å². The molecule has 1 aromatic heterocycles. The Morgan fingerprint density at radius 1 is 0.500 bits per heavy atom. The van der Waals surface area contributed by atoms with E-state index in [4.69, 9.17) is 9.15 Å². The number of benzene rings is 8. The van der Waals surface area contributed by atoms with E-state index in [1.54, 1.807) is 0 Å². The molecule has 9 aromatic rings. The maximum absolute atomic E-state index is 6.66. The minimum absolute atomic E-state index is 0.252. The van der Waals surface area contributed by atoms with Gasteiger partial charge in [-0.2, -0.15) is 0 Å². The summed E-state index contributed by atoms with van der Waals surface area (Å²) in [5.41, 5.74) is 11.5. The van der Waals surface area contributed by atoms with Gasteiger partial charge in [0.05, 0.1) is 5.69 Å². The SMILES string of the molecule is c1cc(-c2ccc(C3Nc4ccc5ccc6ccccc6c5c4O3)cc2)c2c(c1)-c1cc3c4ccccc4oc3c3cccc-2c13. The van der Waals surface area contributed by atoms with Gasteiger partial charge in [-0.05, 0) is 67.7 Å². The number of rotatable bonds is 2. The molecule has 2 heterocycles. The number of anilines is 1. The van der Waals surface area contributed by atoms with Crippen LogP contribution in [0, 0.1) is 0 Å². The van der Waals surface area contributed by atoms with E-state index in [-0.39, 0.29) is 6.23 Å². The summed E-state index contributed by atoms with van der Waals surface area (Å²) in [5, 5.41) is 13.2. The van der Waals surface area contributed by atoms with Crippen molar-refractivity contribution < 1.29 is 9.15 Å². The fraction of sp³-hybridized carbons (Fsp3) is 0.0233. The number of ether oxygens (including phenoxy) is 1. The molecule has 8 aromatic carbocycles. The first-order valence-electron chi connectivity index (χ1n) is 15.8. The molecule has 3 heteroatoms. The second-order valence-corrected chi connectivity index (χ2v) is 12.4. The largest absolute Gasteiger partial charge is 0.464 e. The molecular weight excluding hydrogens is 562 g/mol. The van der Waals surface area contributed by atoms with E-state index in [1.807, 2.05) is 6.07 Å². The number of furan rings is 1. The smallest absolute Gasteiger partial charge is 0.196 e. The summed E-state index contributed by atoms with van der Waals surface area (Å²) >= 11 is 0. The Morgan fingerprint density at radius 2 is 1.24 bits per heavy atom. The van der Waals surface area contributed by atoms with Gasteiger partial charge in [-0.1, -0.05) is 121 Å². The van der Waals surface area contributed by atoms with Crippen LogP contribution in [-0.2, 0) is 0 Å². The van der Waals surface area contributed by atoms with Crippen molar-refractivity contribution in [2.24, 2.45) is 0 Å². The minimum Gasteiger partial charge on any atom is -0.464 e. The van der Waals surface area contributed by atoms with Gasteiger partial charge in [0.2, 0.25) is 0 Å². The van der Waals surface area contributed by atoms with E-state index < -0.39 is 0 Å². The monoisotopic (exact) mass is 587 g/mol. The summed E-state index contributed by atoms with van der Waals surface area (Å²) in [7, 11) is 0. The van der Waals surface area contributed by atoms with E-state index in [2.05, 4.69) is 139 Å². The summed E-state index contributed by atoms with van der Waals surface area (Å²) in [6.07, 6.45) is -0.252. The van der Waals surface area contributed by atoms with Crippen molar-refractivity contribution in [2.75, 3.05) is 5.32 Å². The van der Waals surface area contributed by atoms with Crippen molar-refractivity contribution in [1.29, 1.82) is 0 Å². The van der Waals surface area contributed by atoms with E-state index in [1.165, 1.54) is 65.7 Å². The molecule has 0 saturated carbocycles. The number of fused-ring (bicyclic) bond motifs is 12. The molecule has 0 radical (unpaired) electrons. The molecular formula is C43H25NO2. The van der Waals surface area contributed by atoms with Gasteiger partial charge in [0, 0.05) is 32.5 Å². The zero-order valence-electron chi connectivity index (χ0n) is 24.7. The van der Waals surface area contributed by atoms with Crippen LogP contribution in [0.25, 0.3) is 87.6 Å². The Balaban J connectivity index is 1.00. The Kier molecular flexibility index (Phi) is 4.63. The summed E-state index contributed by atoms with van der Waals surface area (Å²) in [6, 6.07) is 50.0. The molecule has 46 heavy (non-hydrogen) atoms. The van der Waals surface area contributed by atoms with Gasteiger partial charge < -0.3 is 14.5 Å². The molecule has 2 aliphatic rings. The zero-order chi connectivity index (χ0) is 29.9. The molecule has 1 N–H and O–H groups in total. The predicted molar refractivity (Wildman–Crippen MR) is 190 cm³/mol. The van der Waals surface area contributed by atoms with E-state index in [0.717, 1.165) is 38.9 Å². The number of nitrogens with one attached hydrogen (secondary N) is 1. The predicted octanol–water partition coefficient (Wildman–Crippen LogP) is 11.9. The maximum atomic E-state index is 6.66. The zero-order valence-corrected chi connectivity index (χ0v) is 24.7. The van der Waals surface area contributed by atoms with Crippen LogP contribution in [0.2, 0.25) is 0 Å². The van der Waals surface area contributed by atoms with Crippen LogP contribution in [0.4, 0.5) is 5.69 Å². The lowest BCUT2D eigenvalue weighted by Crippen LogP contribution is -2.09. The average molecular weight is 588 g/mol. The Labute approximate surface area is 264 Å². The highest BCUT2D eigenvalue weighted by molar-refractivity contribution is 6.27. The third-order valence-electron chi connectivity index (χ3n) is 10.0. The quantitative estimate of drug-likeness (QED) is 0.204. The first-order chi connectivity index (χ1) is 22.8. The number of hydrogen-bond acceptors (Lipinski definition) is 3. The molecule has 3 nitrogen and oxygen atoms in total. The van der Waals surface area contributed by atoms with Gasteiger partial charge in [-0.25, -0.2) is 0 Å². The first kappa shape index (κ1) is 24.3. The van der Waals surface area contributed by atoms with Crippen LogP contribution in [0.1, 0.15) is 11.8 Å². The van der Waals surface area contributed by atoms with Crippen LogP contribution < -0.4 is 10.1 Å². The second-order valence-electron chi connectivity index (χ2n) is 12.4. The Bertz CT molecular complexity index is 2750. The summed E-state index contributed by atoms with van der Waals surface area (Å²) in [4.78, 5) is 0. The highest BCUT2D eigenvalue weighted by Crippen LogP contribution is 2.53. The van der Waals surface area contributed by atoms with E-state index in [0.29, 0.717) is 0 Å². The highest BCUT2D eigenvalue weighted by atomic mass is 16.5. The Morgan fingerprint density at radius 3 is 2.17 bits per heavy atom. The molecule has 1 unspecified atom stereocenters. The van der Waals surface area contributed by atoms with Crippen molar-refractivity contribution in [3.8, 4) is 39.1 Å². The molecule has 0 bridgehead atoms. The average Bonchev–Trinajstić information content (AvgIpc) is 3.82. The van der Waals surface area contributed by atoms with Gasteiger partial charge in [0.15, 0.2) is 12.0 Å². The third kappa shape index (κ3) is 3.16. The molecule has 0 spiro atoms. The maximum Gasteiger partial charge on any atom is 0.196 e. The number of hydrogen-bond donors (Lipinski definition) is 1. The minimum atomic E-state index is -0.252. The normalized spacial score (nSPS) is 14.7. The molecule has 0 amide bonds. The lowest BCUT2D eigenvalue weighted by Gasteiger charge is -2.14. The van der Waals surface area contributed by atoms with Crippen molar-refractivity contribution in [1.82, 2.24) is 0 Å². The van der Waals surface area contributed by atoms with Crippen LogP contribution in [0.3, 0.4) is 0 Å². The van der Waals surface area contributed by atoms with Crippen LogP contribution in [0.15, 0.2) is 144 Å². The van der Waals surface area contributed by atoms with Gasteiger partial charge in [-0.15, -0.1) is 0 Å². The molecule has 1 aliphatic heterocycles. The summed E-state index contributed by atoms with van der Waals surface area (Å²) < 4.78 is 13.1. The fourth-order valence-corrected chi connectivity index (χ4v) is 7.96. The van der Waals surface area contributed by atoms with Crippen molar-refractivity contribution >= 4 is 59.9 Å². The molecule has 0 fully saturated rings. The lowest BCUT2D eigenvalue weighted by atomic mass is 9.93. The standard InChI is InChI=1S/C43H25NO2/c1-2-8-28-24(7-1)15-18-26-21-22-36-42(38(26)28)46-43(44-36)27-19-16-25(17-20-27)29-10-5-11-31-34-23-35-30-9-3-4-14-37(30)45-41(35)33-13-6-12-32(39(29)31)40(33)34/h1-23,43-44H. The Hall–Kier alpha value is -6.06. The first-order valence-corrected chi connectivity index (χ1v) is 15.8. The molecule has 0 saturated heterocycles. The summed E-state index contributed by atoms with van der Waals surface area (Å²) in [5.74, 6) is 0.925. The molecule has 214 valence electrons. The molecule has 1 aliphatic carbocycles. The fourth-order valence-electron chi connectivity index (χ4n) is 7.96. The lowest BCUT2D eigenvalue weighted by molar-refractivity contribution is 0.263. The van der Waals surface area contributed by atoms with E-state index >= 15 is 0 Å². The number of para-hydroxylation sites is 1. The highest BCUT2D eigenvalue weighted by Gasteiger charge is 2.29. The van der Waals surface area contributed by atoms with Crippen molar-refractivity contribution in [2.45, 2.75) is 6.23 Å².